The summed E-state index contributed by atoms with van der Waals surface area (Å²) in [5.41, 5.74) is 0.756. The van der Waals surface area contributed by atoms with Gasteiger partial charge < -0.3 is 19.3 Å². The maximum atomic E-state index is 14.3. The first kappa shape index (κ1) is 22.6. The van der Waals surface area contributed by atoms with Crippen molar-refractivity contribution in [3.63, 3.8) is 0 Å². The first-order valence-electron chi connectivity index (χ1n) is 8.94. The first-order chi connectivity index (χ1) is 14.7. The van der Waals surface area contributed by atoms with Crippen LogP contribution < -0.4 is 10.1 Å². The maximum absolute atomic E-state index is 14.3. The van der Waals surface area contributed by atoms with Crippen LogP contribution in [0, 0.1) is 19.7 Å². The van der Waals surface area contributed by atoms with Crippen LogP contribution in [0.4, 0.5) is 10.1 Å². The lowest BCUT2D eigenvalue weighted by Crippen LogP contribution is -2.21. The molecule has 10 heteroatoms. The van der Waals surface area contributed by atoms with E-state index < -0.39 is 24.3 Å². The van der Waals surface area contributed by atoms with E-state index >= 15 is 0 Å². The van der Waals surface area contributed by atoms with Gasteiger partial charge in [-0.05, 0) is 37.6 Å². The number of aryl methyl sites for hydroxylation is 2. The fraction of sp³-hybridized carbons (Fsp3) is 0.190. The topological polar surface area (TPSA) is 90.7 Å². The van der Waals surface area contributed by atoms with Crippen molar-refractivity contribution in [2.75, 3.05) is 19.0 Å². The zero-order chi connectivity index (χ0) is 22.7. The molecule has 0 saturated carbocycles. The summed E-state index contributed by atoms with van der Waals surface area (Å²) in [5, 5.41) is 6.85. The molecule has 2 aromatic carbocycles. The molecule has 0 aliphatic heterocycles. The van der Waals surface area contributed by atoms with Crippen LogP contribution in [0.25, 0.3) is 11.3 Å². The van der Waals surface area contributed by atoms with Gasteiger partial charge in [-0.25, -0.2) is 9.18 Å². The molecule has 0 saturated heterocycles. The molecule has 31 heavy (non-hydrogen) atoms. The molecule has 1 N–H and O–H groups in total. The predicted octanol–water partition coefficient (Wildman–Crippen LogP) is 5.21. The van der Waals surface area contributed by atoms with E-state index in [1.54, 1.807) is 19.1 Å². The highest BCUT2D eigenvalue weighted by molar-refractivity contribution is 6.33. The molecular formula is C21H17Cl2FN2O5. The van der Waals surface area contributed by atoms with E-state index in [1.807, 2.05) is 0 Å². The monoisotopic (exact) mass is 466 g/mol. The standard InChI is InChI=1S/C21H17Cl2FN2O5/c1-10-7-15(16(29-3)8-13(10)23)25-17(27)9-30-21(28)18-11(2)31-26-20(18)19-12(22)5-4-6-14(19)24/h4-8H,9H2,1-3H3,(H,25,27). The molecule has 0 radical (unpaired) electrons. The Morgan fingerprint density at radius 2 is 1.94 bits per heavy atom. The second-order valence-electron chi connectivity index (χ2n) is 6.49. The molecule has 0 fully saturated rings. The van der Waals surface area contributed by atoms with Crippen molar-refractivity contribution in [3.8, 4) is 17.0 Å². The van der Waals surface area contributed by atoms with Crippen molar-refractivity contribution < 1.29 is 28.0 Å². The van der Waals surface area contributed by atoms with E-state index in [0.29, 0.717) is 16.5 Å². The number of carbonyl (C=O) groups is 2. The SMILES string of the molecule is COc1cc(Cl)c(C)cc1NC(=O)COC(=O)c1c(-c2c(F)cccc2Cl)noc1C. The van der Waals surface area contributed by atoms with Gasteiger partial charge in [-0.2, -0.15) is 0 Å². The van der Waals surface area contributed by atoms with Crippen molar-refractivity contribution >= 4 is 40.8 Å². The highest BCUT2D eigenvalue weighted by Crippen LogP contribution is 2.34. The van der Waals surface area contributed by atoms with Gasteiger partial charge in [0.05, 0.1) is 23.4 Å². The Hall–Kier alpha value is -3.10. The van der Waals surface area contributed by atoms with E-state index in [4.69, 9.17) is 37.2 Å². The molecule has 1 amide bonds. The average Bonchev–Trinajstić information content (AvgIpc) is 3.09. The molecule has 162 valence electrons. The number of nitrogens with zero attached hydrogens (tertiary/aromatic N) is 1. The van der Waals surface area contributed by atoms with Gasteiger partial charge in [-0.15, -0.1) is 0 Å². The van der Waals surface area contributed by atoms with Crippen molar-refractivity contribution in [1.29, 1.82) is 0 Å². The summed E-state index contributed by atoms with van der Waals surface area (Å²) in [6.07, 6.45) is 0. The number of aromatic nitrogens is 1. The van der Waals surface area contributed by atoms with Crippen LogP contribution in [0.15, 0.2) is 34.9 Å². The lowest BCUT2D eigenvalue weighted by atomic mass is 10.1. The second kappa shape index (κ2) is 9.36. The molecule has 1 heterocycles. The highest BCUT2D eigenvalue weighted by atomic mass is 35.5. The van der Waals surface area contributed by atoms with Crippen molar-refractivity contribution in [2.24, 2.45) is 0 Å². The third kappa shape index (κ3) is 4.81. The molecule has 0 aliphatic rings. The molecule has 0 aliphatic carbocycles. The summed E-state index contributed by atoms with van der Waals surface area (Å²) in [5.74, 6) is -1.77. The Kier molecular flexibility index (Phi) is 6.82. The zero-order valence-corrected chi connectivity index (χ0v) is 18.2. The van der Waals surface area contributed by atoms with Crippen LogP contribution in [0.5, 0.6) is 5.75 Å². The van der Waals surface area contributed by atoms with Gasteiger partial charge in [0.15, 0.2) is 6.61 Å². The molecule has 3 rings (SSSR count). The number of nitrogens with one attached hydrogen (secondary N) is 1. The molecule has 7 nitrogen and oxygen atoms in total. The van der Waals surface area contributed by atoms with E-state index in [2.05, 4.69) is 10.5 Å². The molecule has 0 spiro atoms. The third-order valence-electron chi connectivity index (χ3n) is 4.36. The molecular weight excluding hydrogens is 450 g/mol. The molecule has 1 aromatic heterocycles. The van der Waals surface area contributed by atoms with Gasteiger partial charge in [0.2, 0.25) is 0 Å². The zero-order valence-electron chi connectivity index (χ0n) is 16.7. The number of methoxy groups -OCH3 is 1. The number of hydrogen-bond acceptors (Lipinski definition) is 6. The Balaban J connectivity index is 1.76. The number of anilines is 1. The van der Waals surface area contributed by atoms with Crippen LogP contribution in [0.1, 0.15) is 21.7 Å². The van der Waals surface area contributed by atoms with E-state index in [0.717, 1.165) is 5.56 Å². The number of esters is 1. The number of amides is 1. The lowest BCUT2D eigenvalue weighted by Gasteiger charge is -2.12. The molecule has 0 atom stereocenters. The van der Waals surface area contributed by atoms with Crippen LogP contribution in [-0.2, 0) is 9.53 Å². The van der Waals surface area contributed by atoms with E-state index in [9.17, 15) is 14.0 Å². The second-order valence-corrected chi connectivity index (χ2v) is 7.30. The fourth-order valence-electron chi connectivity index (χ4n) is 2.83. The number of halogens is 3. The smallest absolute Gasteiger partial charge is 0.344 e. The summed E-state index contributed by atoms with van der Waals surface area (Å²) in [7, 11) is 1.43. The highest BCUT2D eigenvalue weighted by Gasteiger charge is 2.27. The Labute approximate surface area is 187 Å². The predicted molar refractivity (Wildman–Crippen MR) is 113 cm³/mol. The van der Waals surface area contributed by atoms with Gasteiger partial charge in [-0.1, -0.05) is 34.4 Å². The maximum Gasteiger partial charge on any atom is 0.344 e. The minimum atomic E-state index is -0.914. The van der Waals surface area contributed by atoms with Crippen molar-refractivity contribution in [3.05, 3.63) is 63.1 Å². The van der Waals surface area contributed by atoms with Gasteiger partial charge in [-0.3, -0.25) is 4.79 Å². The Morgan fingerprint density at radius 3 is 2.61 bits per heavy atom. The number of hydrogen-bond donors (Lipinski definition) is 1. The summed E-state index contributed by atoms with van der Waals surface area (Å²) in [6.45, 7) is 2.61. The average molecular weight is 467 g/mol. The number of benzene rings is 2. The summed E-state index contributed by atoms with van der Waals surface area (Å²) in [6, 6.07) is 7.24. The summed E-state index contributed by atoms with van der Waals surface area (Å²) in [4.78, 5) is 24.9. The van der Waals surface area contributed by atoms with Gasteiger partial charge in [0.25, 0.3) is 5.91 Å². The summed E-state index contributed by atoms with van der Waals surface area (Å²) < 4.78 is 29.6. The quantitative estimate of drug-likeness (QED) is 0.501. The van der Waals surface area contributed by atoms with Gasteiger partial charge in [0.1, 0.15) is 28.6 Å². The molecule has 0 unspecified atom stereocenters. The normalized spacial score (nSPS) is 10.6. The Bertz CT molecular complexity index is 1140. The van der Waals surface area contributed by atoms with Crippen LogP contribution in [0.2, 0.25) is 10.0 Å². The first-order valence-corrected chi connectivity index (χ1v) is 9.70. The minimum absolute atomic E-state index is 0.0466. The van der Waals surface area contributed by atoms with Crippen LogP contribution >= 0.6 is 23.2 Å². The minimum Gasteiger partial charge on any atom is -0.495 e. The van der Waals surface area contributed by atoms with E-state index in [-0.39, 0.29) is 27.6 Å². The molecule has 0 bridgehead atoms. The third-order valence-corrected chi connectivity index (χ3v) is 5.08. The van der Waals surface area contributed by atoms with E-state index in [1.165, 1.54) is 32.2 Å². The molecule has 3 aromatic rings. The summed E-state index contributed by atoms with van der Waals surface area (Å²) >= 11 is 12.1. The van der Waals surface area contributed by atoms with Crippen molar-refractivity contribution in [1.82, 2.24) is 5.16 Å². The van der Waals surface area contributed by atoms with Gasteiger partial charge in [0, 0.05) is 11.1 Å². The number of carbonyl (C=O) groups excluding carboxylic acids is 2. The lowest BCUT2D eigenvalue weighted by molar-refractivity contribution is -0.119. The van der Waals surface area contributed by atoms with Crippen LogP contribution in [-0.4, -0.2) is 30.7 Å². The van der Waals surface area contributed by atoms with Gasteiger partial charge >= 0.3 is 5.97 Å². The number of rotatable bonds is 6. The fourth-order valence-corrected chi connectivity index (χ4v) is 3.23. The Morgan fingerprint density at radius 1 is 1.19 bits per heavy atom. The largest absolute Gasteiger partial charge is 0.495 e. The number of ether oxygens (including phenoxy) is 2. The van der Waals surface area contributed by atoms with Crippen LogP contribution in [0.3, 0.4) is 0 Å². The van der Waals surface area contributed by atoms with Crippen molar-refractivity contribution in [2.45, 2.75) is 13.8 Å².